The van der Waals surface area contributed by atoms with E-state index in [1.807, 2.05) is 67.6 Å². The maximum atomic E-state index is 11.3. The molecular formula is C16H14O. The van der Waals surface area contributed by atoms with Gasteiger partial charge in [0.15, 0.2) is 6.29 Å². The second kappa shape index (κ2) is 5.26. The maximum absolute atomic E-state index is 11.3. The number of hydrogen-bond acceptors (Lipinski definition) is 1. The predicted molar refractivity (Wildman–Crippen MR) is 71.4 cm³/mol. The molecule has 0 spiro atoms. The molecule has 0 heterocycles. The van der Waals surface area contributed by atoms with Crippen LogP contribution in [0.2, 0.25) is 0 Å². The lowest BCUT2D eigenvalue weighted by Crippen LogP contribution is -1.90. The summed E-state index contributed by atoms with van der Waals surface area (Å²) in [5.41, 5.74) is 3.80. The molecule has 17 heavy (non-hydrogen) atoms. The van der Waals surface area contributed by atoms with Crippen LogP contribution < -0.4 is 0 Å². The van der Waals surface area contributed by atoms with Crippen molar-refractivity contribution in [2.24, 2.45) is 0 Å². The first-order valence-corrected chi connectivity index (χ1v) is 5.60. The summed E-state index contributed by atoms with van der Waals surface area (Å²) in [6, 6.07) is 19.7. The fourth-order valence-corrected chi connectivity index (χ4v) is 1.83. The minimum Gasteiger partial charge on any atom is -0.298 e. The lowest BCUT2D eigenvalue weighted by Gasteiger charge is -2.07. The van der Waals surface area contributed by atoms with E-state index in [1.165, 1.54) is 0 Å². The van der Waals surface area contributed by atoms with Crippen LogP contribution in [0.1, 0.15) is 18.1 Å². The van der Waals surface area contributed by atoms with Gasteiger partial charge in [0, 0.05) is 5.57 Å². The van der Waals surface area contributed by atoms with E-state index in [2.05, 4.69) is 0 Å². The molecule has 1 nitrogen and oxygen atoms in total. The second-order valence-electron chi connectivity index (χ2n) is 3.89. The number of benzene rings is 2. The van der Waals surface area contributed by atoms with E-state index >= 15 is 0 Å². The first-order valence-electron chi connectivity index (χ1n) is 5.60. The summed E-state index contributed by atoms with van der Waals surface area (Å²) in [5.74, 6) is 0. The number of carbonyl (C=O) groups excluding carboxylic acids is 1. The molecule has 0 aliphatic rings. The minimum atomic E-state index is 0.747. The molecule has 0 unspecified atom stereocenters. The fourth-order valence-electron chi connectivity index (χ4n) is 1.83. The second-order valence-corrected chi connectivity index (χ2v) is 3.89. The summed E-state index contributed by atoms with van der Waals surface area (Å²) in [6.07, 6.45) is 0.928. The highest BCUT2D eigenvalue weighted by molar-refractivity contribution is 6.16. The van der Waals surface area contributed by atoms with Crippen LogP contribution in [-0.4, -0.2) is 6.29 Å². The minimum absolute atomic E-state index is 0.747. The molecule has 0 aromatic heterocycles. The van der Waals surface area contributed by atoms with Crippen LogP contribution in [0.4, 0.5) is 0 Å². The normalized spacial score (nSPS) is 11.8. The molecule has 1 heteroatoms. The van der Waals surface area contributed by atoms with Crippen molar-refractivity contribution in [3.8, 4) is 0 Å². The van der Waals surface area contributed by atoms with E-state index in [-0.39, 0.29) is 0 Å². The Morgan fingerprint density at radius 3 is 1.76 bits per heavy atom. The van der Waals surface area contributed by atoms with E-state index in [0.717, 1.165) is 28.6 Å². The van der Waals surface area contributed by atoms with Gasteiger partial charge >= 0.3 is 0 Å². The van der Waals surface area contributed by atoms with Gasteiger partial charge in [-0.2, -0.15) is 0 Å². The van der Waals surface area contributed by atoms with Crippen molar-refractivity contribution >= 4 is 17.4 Å². The van der Waals surface area contributed by atoms with Gasteiger partial charge in [-0.25, -0.2) is 0 Å². The maximum Gasteiger partial charge on any atom is 0.150 e. The fraction of sp³-hybridized carbons (Fsp3) is 0.0625. The molecular weight excluding hydrogens is 208 g/mol. The topological polar surface area (TPSA) is 17.1 Å². The molecule has 0 aliphatic carbocycles. The number of aldehydes is 1. The van der Waals surface area contributed by atoms with E-state index < -0.39 is 0 Å². The summed E-state index contributed by atoms with van der Waals surface area (Å²) in [6.45, 7) is 1.98. The van der Waals surface area contributed by atoms with Gasteiger partial charge < -0.3 is 0 Å². The highest BCUT2D eigenvalue weighted by atomic mass is 16.1. The van der Waals surface area contributed by atoms with Crippen molar-refractivity contribution in [2.45, 2.75) is 6.92 Å². The molecule has 0 fully saturated rings. The van der Waals surface area contributed by atoms with Gasteiger partial charge in [0.2, 0.25) is 0 Å². The third-order valence-corrected chi connectivity index (χ3v) is 2.81. The van der Waals surface area contributed by atoms with Crippen molar-refractivity contribution < 1.29 is 4.79 Å². The Morgan fingerprint density at radius 1 is 0.824 bits per heavy atom. The molecule has 2 rings (SSSR count). The molecule has 84 valence electrons. The highest BCUT2D eigenvalue weighted by Crippen LogP contribution is 2.23. The molecule has 0 saturated heterocycles. The Morgan fingerprint density at radius 2 is 1.29 bits per heavy atom. The molecule has 2 aromatic carbocycles. The Hall–Kier alpha value is -2.15. The summed E-state index contributed by atoms with van der Waals surface area (Å²) >= 11 is 0. The molecule has 0 saturated carbocycles. The van der Waals surface area contributed by atoms with Crippen LogP contribution in [0.5, 0.6) is 0 Å². The van der Waals surface area contributed by atoms with Crippen LogP contribution in [0, 0.1) is 0 Å². The van der Waals surface area contributed by atoms with Crippen LogP contribution in [0.15, 0.2) is 60.7 Å². The zero-order chi connectivity index (χ0) is 12.1. The number of rotatable bonds is 3. The summed E-state index contributed by atoms with van der Waals surface area (Å²) in [4.78, 5) is 11.3. The molecule has 0 N–H and O–H groups in total. The van der Waals surface area contributed by atoms with Gasteiger partial charge in [0.1, 0.15) is 0 Å². The number of carbonyl (C=O) groups is 1. The van der Waals surface area contributed by atoms with Crippen molar-refractivity contribution in [1.29, 1.82) is 0 Å². The van der Waals surface area contributed by atoms with Crippen LogP contribution in [0.3, 0.4) is 0 Å². The van der Waals surface area contributed by atoms with Gasteiger partial charge in [-0.15, -0.1) is 0 Å². The predicted octanol–water partition coefficient (Wildman–Crippen LogP) is 3.82. The third-order valence-electron chi connectivity index (χ3n) is 2.81. The number of hydrogen-bond donors (Lipinski definition) is 0. The van der Waals surface area contributed by atoms with Gasteiger partial charge in [-0.05, 0) is 23.6 Å². The van der Waals surface area contributed by atoms with Crippen molar-refractivity contribution in [2.75, 3.05) is 0 Å². The smallest absolute Gasteiger partial charge is 0.150 e. The van der Waals surface area contributed by atoms with Crippen LogP contribution in [0.25, 0.3) is 11.1 Å². The van der Waals surface area contributed by atoms with Crippen LogP contribution in [-0.2, 0) is 4.79 Å². The zero-order valence-electron chi connectivity index (χ0n) is 9.76. The van der Waals surface area contributed by atoms with E-state index in [4.69, 9.17) is 0 Å². The van der Waals surface area contributed by atoms with Gasteiger partial charge in [0.05, 0.1) is 0 Å². The van der Waals surface area contributed by atoms with Gasteiger partial charge in [-0.1, -0.05) is 60.7 Å². The molecule has 0 atom stereocenters. The van der Waals surface area contributed by atoms with Crippen molar-refractivity contribution in [3.05, 3.63) is 71.8 Å². The average molecular weight is 222 g/mol. The molecule has 0 amide bonds. The van der Waals surface area contributed by atoms with Crippen molar-refractivity contribution in [1.82, 2.24) is 0 Å². The SMILES string of the molecule is CC(=C(C=O)c1ccccc1)c1ccccc1. The molecule has 0 aliphatic heterocycles. The molecule has 2 aromatic rings. The first kappa shape index (κ1) is 11.3. The Labute approximate surface area is 101 Å². The third kappa shape index (κ3) is 2.51. The Kier molecular flexibility index (Phi) is 3.51. The standard InChI is InChI=1S/C16H14O/c1-13(14-8-4-2-5-9-14)16(12-17)15-10-6-3-7-11-15/h2-12H,1H3. The highest BCUT2D eigenvalue weighted by Gasteiger charge is 2.05. The lowest BCUT2D eigenvalue weighted by atomic mass is 9.97. The monoisotopic (exact) mass is 222 g/mol. The average Bonchev–Trinajstić information content (AvgIpc) is 2.42. The Bertz CT molecular complexity index is 524. The van der Waals surface area contributed by atoms with Crippen molar-refractivity contribution in [3.63, 3.8) is 0 Å². The summed E-state index contributed by atoms with van der Waals surface area (Å²) < 4.78 is 0. The van der Waals surface area contributed by atoms with E-state index in [9.17, 15) is 4.79 Å². The molecule has 0 bridgehead atoms. The van der Waals surface area contributed by atoms with Gasteiger partial charge in [-0.3, -0.25) is 4.79 Å². The largest absolute Gasteiger partial charge is 0.298 e. The first-order chi connectivity index (χ1) is 8.33. The van der Waals surface area contributed by atoms with E-state index in [1.54, 1.807) is 0 Å². The number of allylic oxidation sites excluding steroid dienone is 2. The van der Waals surface area contributed by atoms with Crippen LogP contribution >= 0.6 is 0 Å². The lowest BCUT2D eigenvalue weighted by molar-refractivity contribution is -0.103. The van der Waals surface area contributed by atoms with Gasteiger partial charge in [0.25, 0.3) is 0 Å². The quantitative estimate of drug-likeness (QED) is 0.438. The zero-order valence-corrected chi connectivity index (χ0v) is 9.76. The van der Waals surface area contributed by atoms with E-state index in [0.29, 0.717) is 0 Å². The summed E-state index contributed by atoms with van der Waals surface area (Å²) in [5, 5.41) is 0. The summed E-state index contributed by atoms with van der Waals surface area (Å²) in [7, 11) is 0. The Balaban J connectivity index is 2.52. The molecule has 0 radical (unpaired) electrons.